The van der Waals surface area contributed by atoms with Gasteiger partial charge in [-0.25, -0.2) is 0 Å². The molecule has 1 aliphatic carbocycles. The lowest BCUT2D eigenvalue weighted by atomic mass is 9.33. The predicted molar refractivity (Wildman–Crippen MR) is 326 cm³/mol. The SMILES string of the molecule is CC(C)(C)c1ccc2c(c1)B1c3c(cc(N4c5ccccc5C5(C)CCCCC45C)cc3N2c2cccc3oc4ccccc4c23)N(c2ccc(C(C)(C)C)cc2-c2ccccc2)c2ccc3c(sc4ccccc43)c21. The van der Waals surface area contributed by atoms with Crippen LogP contribution in [0.3, 0.4) is 0 Å². The van der Waals surface area contributed by atoms with E-state index in [-0.39, 0.29) is 28.5 Å². The monoisotopic (exact) mass is 1000 g/mol. The van der Waals surface area contributed by atoms with Crippen molar-refractivity contribution >= 4 is 122 Å². The first-order valence-electron chi connectivity index (χ1n) is 27.6. The van der Waals surface area contributed by atoms with E-state index >= 15 is 0 Å². The van der Waals surface area contributed by atoms with Gasteiger partial charge in [0.25, 0.3) is 6.71 Å². The van der Waals surface area contributed by atoms with E-state index in [2.05, 4.69) is 252 Å². The number of fused-ring (bicyclic) bond motifs is 14. The Labute approximate surface area is 451 Å². The molecule has 76 heavy (non-hydrogen) atoms. The summed E-state index contributed by atoms with van der Waals surface area (Å²) < 4.78 is 9.44. The van der Waals surface area contributed by atoms with Gasteiger partial charge in [-0.05, 0) is 141 Å². The lowest BCUT2D eigenvalue weighted by molar-refractivity contribution is 0.195. The van der Waals surface area contributed by atoms with E-state index in [0.29, 0.717) is 0 Å². The van der Waals surface area contributed by atoms with Gasteiger partial charge in [-0.3, -0.25) is 0 Å². The number of para-hydroxylation sites is 2. The molecule has 11 aromatic rings. The van der Waals surface area contributed by atoms with Crippen molar-refractivity contribution in [2.75, 3.05) is 14.7 Å². The Morgan fingerprint density at radius 2 is 1.13 bits per heavy atom. The summed E-state index contributed by atoms with van der Waals surface area (Å²) in [7, 11) is 0. The summed E-state index contributed by atoms with van der Waals surface area (Å²) in [6.45, 7) is 19.1. The molecule has 0 N–H and O–H groups in total. The molecule has 3 aliphatic heterocycles. The van der Waals surface area contributed by atoms with E-state index in [0.717, 1.165) is 40.5 Å². The van der Waals surface area contributed by atoms with Crippen LogP contribution in [0.4, 0.5) is 45.5 Å². The highest BCUT2D eigenvalue weighted by Crippen LogP contribution is 2.62. The van der Waals surface area contributed by atoms with Crippen molar-refractivity contribution in [1.82, 2.24) is 0 Å². The number of thiophene rings is 1. The van der Waals surface area contributed by atoms with Crippen LogP contribution in [0, 0.1) is 0 Å². The summed E-state index contributed by atoms with van der Waals surface area (Å²) in [5, 5.41) is 4.88. The molecule has 0 saturated heterocycles. The maximum absolute atomic E-state index is 6.77. The van der Waals surface area contributed by atoms with Crippen molar-refractivity contribution in [3.63, 3.8) is 0 Å². The number of furan rings is 1. The minimum Gasteiger partial charge on any atom is -0.456 e. The first-order chi connectivity index (χ1) is 36.7. The number of hydrogen-bond donors (Lipinski definition) is 0. The molecule has 2 aromatic heterocycles. The largest absolute Gasteiger partial charge is 0.456 e. The van der Waals surface area contributed by atoms with Gasteiger partial charge >= 0.3 is 0 Å². The van der Waals surface area contributed by atoms with Gasteiger partial charge in [0.2, 0.25) is 0 Å². The van der Waals surface area contributed by atoms with Crippen molar-refractivity contribution in [2.45, 2.75) is 103 Å². The fourth-order valence-electron chi connectivity index (χ4n) is 14.5. The van der Waals surface area contributed by atoms with Gasteiger partial charge in [0.15, 0.2) is 0 Å². The molecule has 2 atom stereocenters. The molecule has 6 heteroatoms. The topological polar surface area (TPSA) is 22.9 Å². The fraction of sp³-hybridized carbons (Fsp3) is 0.229. The molecule has 15 rings (SSSR count). The van der Waals surface area contributed by atoms with Gasteiger partial charge in [-0.2, -0.15) is 0 Å². The highest BCUT2D eigenvalue weighted by Gasteiger charge is 2.58. The maximum Gasteiger partial charge on any atom is 0.254 e. The zero-order chi connectivity index (χ0) is 51.6. The molecule has 4 nitrogen and oxygen atoms in total. The van der Waals surface area contributed by atoms with E-state index in [9.17, 15) is 0 Å². The molecule has 2 unspecified atom stereocenters. The summed E-state index contributed by atoms with van der Waals surface area (Å²) in [6.07, 6.45) is 4.71. The van der Waals surface area contributed by atoms with E-state index in [1.54, 1.807) is 0 Å². The standard InChI is InChI=1S/C70H62BN3OS/c1-67(2,3)44-31-34-53(50(39-44)43-21-10-9-11-22-43)72-57-36-33-48-47-23-13-17-30-62(47)76-66(48)65(57)71-52-40-45(68(4,5)6)32-35-55(52)73(56-27-20-29-61-63(56)49-24-12-16-28-60(49)75-61)59-42-46(41-58(72)64(59)71)74-54-26-15-14-25-51(54)69(7)37-18-19-38-70(69,74)8/h9-17,20-36,39-42H,18-19,37-38H2,1-8H3. The Balaban J connectivity index is 1.14. The molecule has 0 spiro atoms. The van der Waals surface area contributed by atoms with E-state index in [4.69, 9.17) is 4.42 Å². The predicted octanol–water partition coefficient (Wildman–Crippen LogP) is 18.0. The summed E-state index contributed by atoms with van der Waals surface area (Å²) in [4.78, 5) is 8.13. The van der Waals surface area contributed by atoms with E-state index < -0.39 is 0 Å². The second-order valence-electron chi connectivity index (χ2n) is 24.8. The average Bonchev–Trinajstić information content (AvgIpc) is 4.23. The molecule has 1 saturated carbocycles. The van der Waals surface area contributed by atoms with Crippen LogP contribution in [-0.4, -0.2) is 12.3 Å². The van der Waals surface area contributed by atoms with Crippen molar-refractivity contribution < 1.29 is 4.42 Å². The van der Waals surface area contributed by atoms with Crippen molar-refractivity contribution in [1.29, 1.82) is 0 Å². The Morgan fingerprint density at radius 1 is 0.500 bits per heavy atom. The number of anilines is 8. The zero-order valence-corrected chi connectivity index (χ0v) is 45.7. The maximum atomic E-state index is 6.77. The zero-order valence-electron chi connectivity index (χ0n) is 44.9. The van der Waals surface area contributed by atoms with Gasteiger partial charge in [0.1, 0.15) is 11.2 Å². The highest BCUT2D eigenvalue weighted by molar-refractivity contribution is 7.28. The van der Waals surface area contributed by atoms with Crippen LogP contribution < -0.4 is 31.1 Å². The normalized spacial score (nSPS) is 18.8. The van der Waals surface area contributed by atoms with Crippen LogP contribution in [0.2, 0.25) is 0 Å². The number of rotatable bonds is 4. The molecule has 372 valence electrons. The molecule has 4 aliphatic rings. The molecular formula is C70H62BN3OS. The summed E-state index contributed by atoms with van der Waals surface area (Å²) in [6, 6.07) is 69.7. The van der Waals surface area contributed by atoms with Crippen LogP contribution in [-0.2, 0) is 16.2 Å². The van der Waals surface area contributed by atoms with Crippen LogP contribution in [0.15, 0.2) is 186 Å². The molecular weight excluding hydrogens is 942 g/mol. The van der Waals surface area contributed by atoms with E-state index in [1.165, 1.54) is 117 Å². The molecule has 5 heterocycles. The van der Waals surface area contributed by atoms with Gasteiger partial charge in [0, 0.05) is 65.3 Å². The third-order valence-electron chi connectivity index (χ3n) is 18.5. The average molecular weight is 1000 g/mol. The second kappa shape index (κ2) is 16.0. The van der Waals surface area contributed by atoms with Gasteiger partial charge < -0.3 is 19.1 Å². The van der Waals surface area contributed by atoms with Gasteiger partial charge in [0.05, 0.1) is 22.3 Å². The molecule has 0 bridgehead atoms. The van der Waals surface area contributed by atoms with Crippen LogP contribution in [0.1, 0.15) is 97.8 Å². The molecule has 1 fully saturated rings. The molecule has 0 amide bonds. The van der Waals surface area contributed by atoms with Crippen molar-refractivity contribution in [3.05, 3.63) is 199 Å². The number of nitrogens with zero attached hydrogens (tertiary/aromatic N) is 3. The summed E-state index contributed by atoms with van der Waals surface area (Å²) in [5.41, 5.74) is 21.7. The highest BCUT2D eigenvalue weighted by atomic mass is 32.1. The summed E-state index contributed by atoms with van der Waals surface area (Å²) >= 11 is 1.96. The van der Waals surface area contributed by atoms with Crippen LogP contribution >= 0.6 is 11.3 Å². The minimum absolute atomic E-state index is 0.0310. The van der Waals surface area contributed by atoms with Crippen LogP contribution in [0.5, 0.6) is 0 Å². The third kappa shape index (κ3) is 6.31. The fourth-order valence-corrected chi connectivity index (χ4v) is 15.7. The molecule has 0 radical (unpaired) electrons. The quantitative estimate of drug-likeness (QED) is 0.164. The lowest BCUT2D eigenvalue weighted by Crippen LogP contribution is -2.62. The first-order valence-corrected chi connectivity index (χ1v) is 28.4. The van der Waals surface area contributed by atoms with Gasteiger partial charge in [-0.15, -0.1) is 11.3 Å². The summed E-state index contributed by atoms with van der Waals surface area (Å²) in [5.74, 6) is 0. The third-order valence-corrected chi connectivity index (χ3v) is 19.7. The smallest absolute Gasteiger partial charge is 0.254 e. The number of hydrogen-bond acceptors (Lipinski definition) is 5. The second-order valence-corrected chi connectivity index (χ2v) is 25.8. The Bertz CT molecular complexity index is 4230. The van der Waals surface area contributed by atoms with E-state index in [1.807, 2.05) is 11.3 Å². The first kappa shape index (κ1) is 45.8. The van der Waals surface area contributed by atoms with Gasteiger partial charge in [-0.1, -0.05) is 177 Å². The van der Waals surface area contributed by atoms with Crippen molar-refractivity contribution in [3.8, 4) is 11.1 Å². The van der Waals surface area contributed by atoms with Crippen LogP contribution in [0.25, 0.3) is 53.2 Å². The Hall–Kier alpha value is -7.54. The lowest BCUT2D eigenvalue weighted by Gasteiger charge is -2.51. The Kier molecular flexibility index (Phi) is 9.65. The Morgan fingerprint density at radius 3 is 1.92 bits per heavy atom. The minimum atomic E-state index is -0.167. The van der Waals surface area contributed by atoms with Crippen molar-refractivity contribution in [2.24, 2.45) is 0 Å². The number of benzene rings is 9. The molecule has 9 aromatic carbocycles.